The van der Waals surface area contributed by atoms with Crippen LogP contribution in [-0.2, 0) is 11.3 Å². The molecule has 3 N–H and O–H groups in total. The first kappa shape index (κ1) is 21.2. The number of benzene rings is 1. The third-order valence-electron chi connectivity index (χ3n) is 4.83. The summed E-state index contributed by atoms with van der Waals surface area (Å²) in [5.74, 6) is 1.26. The molecule has 1 heterocycles. The number of nitrogens with one attached hydrogen (secondary N) is 3. The second kappa shape index (κ2) is 10.9. The molecule has 0 aromatic heterocycles. The van der Waals surface area contributed by atoms with Crippen LogP contribution in [0, 0.1) is 5.92 Å². The van der Waals surface area contributed by atoms with Crippen molar-refractivity contribution in [2.45, 2.75) is 59.2 Å². The Morgan fingerprint density at radius 3 is 2.78 bits per heavy atom. The normalized spacial score (nSPS) is 18.4. The molecule has 1 saturated heterocycles. The number of ether oxygens (including phenoxy) is 1. The molecule has 1 amide bonds. The maximum atomic E-state index is 12.4. The van der Waals surface area contributed by atoms with Crippen LogP contribution in [0.5, 0.6) is 0 Å². The van der Waals surface area contributed by atoms with E-state index in [1.807, 2.05) is 24.3 Å². The van der Waals surface area contributed by atoms with Crippen molar-refractivity contribution in [2.75, 3.05) is 19.7 Å². The average molecular weight is 375 g/mol. The van der Waals surface area contributed by atoms with Crippen LogP contribution in [0.3, 0.4) is 0 Å². The summed E-state index contributed by atoms with van der Waals surface area (Å²) in [5, 5.41) is 9.66. The summed E-state index contributed by atoms with van der Waals surface area (Å²) in [7, 11) is 0. The predicted octanol–water partition coefficient (Wildman–Crippen LogP) is 2.70. The lowest BCUT2D eigenvalue weighted by Gasteiger charge is -2.20. The number of carbonyl (C=O) groups is 1. The Morgan fingerprint density at radius 1 is 1.30 bits per heavy atom. The van der Waals surface area contributed by atoms with Crippen LogP contribution in [-0.4, -0.2) is 43.7 Å². The van der Waals surface area contributed by atoms with Crippen molar-refractivity contribution in [2.24, 2.45) is 10.9 Å². The summed E-state index contributed by atoms with van der Waals surface area (Å²) in [6.07, 6.45) is 2.24. The monoisotopic (exact) mass is 374 g/mol. The van der Waals surface area contributed by atoms with Crippen molar-refractivity contribution < 1.29 is 9.53 Å². The lowest BCUT2D eigenvalue weighted by molar-refractivity contribution is 0.0857. The quantitative estimate of drug-likeness (QED) is 0.483. The van der Waals surface area contributed by atoms with Gasteiger partial charge < -0.3 is 20.7 Å². The molecule has 0 spiro atoms. The SMILES string of the molecule is CCNC(=NCc1cccc(C(=O)NCC2CCCO2)c1)NC(C)C(C)C. The molecular formula is C21H34N4O2. The number of hydrogen-bond acceptors (Lipinski definition) is 3. The Morgan fingerprint density at radius 2 is 2.11 bits per heavy atom. The van der Waals surface area contributed by atoms with Crippen LogP contribution in [0.1, 0.15) is 56.5 Å². The molecule has 150 valence electrons. The van der Waals surface area contributed by atoms with Gasteiger partial charge >= 0.3 is 0 Å². The summed E-state index contributed by atoms with van der Waals surface area (Å²) in [4.78, 5) is 17.0. The van der Waals surface area contributed by atoms with Crippen LogP contribution in [0.15, 0.2) is 29.3 Å². The van der Waals surface area contributed by atoms with Crippen molar-refractivity contribution in [3.8, 4) is 0 Å². The number of amides is 1. The Labute approximate surface area is 163 Å². The van der Waals surface area contributed by atoms with Crippen molar-refractivity contribution in [1.82, 2.24) is 16.0 Å². The summed E-state index contributed by atoms with van der Waals surface area (Å²) in [6, 6.07) is 7.97. The highest BCUT2D eigenvalue weighted by atomic mass is 16.5. The molecule has 1 fully saturated rings. The highest BCUT2D eigenvalue weighted by molar-refractivity contribution is 5.94. The Kier molecular flexibility index (Phi) is 8.58. The first-order valence-electron chi connectivity index (χ1n) is 10.0. The number of aliphatic imine (C=N–C) groups is 1. The van der Waals surface area contributed by atoms with Gasteiger partial charge in [0.15, 0.2) is 5.96 Å². The van der Waals surface area contributed by atoms with Crippen LogP contribution < -0.4 is 16.0 Å². The average Bonchev–Trinajstić information content (AvgIpc) is 3.18. The van der Waals surface area contributed by atoms with Gasteiger partial charge in [0, 0.05) is 31.3 Å². The lowest BCUT2D eigenvalue weighted by Crippen LogP contribution is -2.44. The minimum atomic E-state index is -0.0604. The van der Waals surface area contributed by atoms with Crippen LogP contribution >= 0.6 is 0 Å². The van der Waals surface area contributed by atoms with E-state index in [0.29, 0.717) is 30.6 Å². The molecule has 2 atom stereocenters. The molecule has 1 aromatic carbocycles. The van der Waals surface area contributed by atoms with Crippen LogP contribution in [0.25, 0.3) is 0 Å². The van der Waals surface area contributed by atoms with E-state index in [1.54, 1.807) is 0 Å². The van der Waals surface area contributed by atoms with Gasteiger partial charge in [-0.3, -0.25) is 4.79 Å². The minimum absolute atomic E-state index is 0.0604. The highest BCUT2D eigenvalue weighted by Gasteiger charge is 2.16. The fraction of sp³-hybridized carbons (Fsp3) is 0.619. The van der Waals surface area contributed by atoms with E-state index in [4.69, 9.17) is 4.74 Å². The van der Waals surface area contributed by atoms with E-state index in [9.17, 15) is 4.79 Å². The van der Waals surface area contributed by atoms with Gasteiger partial charge in [0.05, 0.1) is 12.6 Å². The molecular weight excluding hydrogens is 340 g/mol. The molecule has 1 aliphatic heterocycles. The van der Waals surface area contributed by atoms with Crippen LogP contribution in [0.2, 0.25) is 0 Å². The van der Waals surface area contributed by atoms with E-state index in [1.165, 1.54) is 0 Å². The zero-order valence-corrected chi connectivity index (χ0v) is 17.0. The Hall–Kier alpha value is -2.08. The molecule has 0 aliphatic carbocycles. The number of rotatable bonds is 8. The first-order chi connectivity index (χ1) is 13.0. The van der Waals surface area contributed by atoms with Crippen molar-refractivity contribution in [3.05, 3.63) is 35.4 Å². The summed E-state index contributed by atoms with van der Waals surface area (Å²) < 4.78 is 5.55. The highest BCUT2D eigenvalue weighted by Crippen LogP contribution is 2.11. The third kappa shape index (κ3) is 7.21. The lowest BCUT2D eigenvalue weighted by atomic mass is 10.1. The molecule has 6 nitrogen and oxygen atoms in total. The summed E-state index contributed by atoms with van der Waals surface area (Å²) in [6.45, 7) is 11.3. The van der Waals surface area contributed by atoms with E-state index < -0.39 is 0 Å². The van der Waals surface area contributed by atoms with Gasteiger partial charge in [-0.2, -0.15) is 0 Å². The second-order valence-corrected chi connectivity index (χ2v) is 7.42. The second-order valence-electron chi connectivity index (χ2n) is 7.42. The summed E-state index contributed by atoms with van der Waals surface area (Å²) >= 11 is 0. The minimum Gasteiger partial charge on any atom is -0.376 e. The van der Waals surface area contributed by atoms with Crippen molar-refractivity contribution in [3.63, 3.8) is 0 Å². The van der Waals surface area contributed by atoms with Gasteiger partial charge in [-0.1, -0.05) is 26.0 Å². The zero-order chi connectivity index (χ0) is 19.6. The number of guanidine groups is 1. The number of nitrogens with zero attached hydrogens (tertiary/aromatic N) is 1. The predicted molar refractivity (Wildman–Crippen MR) is 110 cm³/mol. The Balaban J connectivity index is 1.94. The van der Waals surface area contributed by atoms with Gasteiger partial charge in [-0.15, -0.1) is 0 Å². The molecule has 27 heavy (non-hydrogen) atoms. The molecule has 0 saturated carbocycles. The number of carbonyl (C=O) groups excluding carboxylic acids is 1. The third-order valence-corrected chi connectivity index (χ3v) is 4.83. The molecule has 0 bridgehead atoms. The topological polar surface area (TPSA) is 74.8 Å². The Bertz CT molecular complexity index is 624. The molecule has 2 rings (SSSR count). The zero-order valence-electron chi connectivity index (χ0n) is 17.0. The standard InChI is InChI=1S/C21H34N4O2/c1-5-22-21(25-16(4)15(2)3)24-13-17-8-6-9-18(12-17)20(26)23-14-19-10-7-11-27-19/h6,8-9,12,15-16,19H,5,7,10-11,13-14H2,1-4H3,(H,23,26)(H2,22,24,25). The fourth-order valence-corrected chi connectivity index (χ4v) is 2.80. The van der Waals surface area contributed by atoms with E-state index >= 15 is 0 Å². The van der Waals surface area contributed by atoms with Gasteiger partial charge in [-0.25, -0.2) is 4.99 Å². The first-order valence-corrected chi connectivity index (χ1v) is 10.0. The maximum Gasteiger partial charge on any atom is 0.251 e. The smallest absolute Gasteiger partial charge is 0.251 e. The molecule has 1 aromatic rings. The number of hydrogen-bond donors (Lipinski definition) is 3. The molecule has 6 heteroatoms. The van der Waals surface area contributed by atoms with Crippen molar-refractivity contribution >= 4 is 11.9 Å². The van der Waals surface area contributed by atoms with Gasteiger partial charge in [0.1, 0.15) is 0 Å². The fourth-order valence-electron chi connectivity index (χ4n) is 2.80. The van der Waals surface area contributed by atoms with E-state index in [0.717, 1.165) is 37.5 Å². The van der Waals surface area contributed by atoms with Crippen molar-refractivity contribution in [1.29, 1.82) is 0 Å². The van der Waals surface area contributed by atoms with Gasteiger partial charge in [-0.05, 0) is 50.3 Å². The van der Waals surface area contributed by atoms with E-state index in [2.05, 4.69) is 48.6 Å². The molecule has 2 unspecified atom stereocenters. The van der Waals surface area contributed by atoms with E-state index in [-0.39, 0.29) is 12.0 Å². The molecule has 1 aliphatic rings. The van der Waals surface area contributed by atoms with Gasteiger partial charge in [0.25, 0.3) is 5.91 Å². The van der Waals surface area contributed by atoms with Gasteiger partial charge in [0.2, 0.25) is 0 Å². The molecule has 0 radical (unpaired) electrons. The largest absolute Gasteiger partial charge is 0.376 e. The summed E-state index contributed by atoms with van der Waals surface area (Å²) in [5.41, 5.74) is 1.67. The van der Waals surface area contributed by atoms with Crippen LogP contribution in [0.4, 0.5) is 0 Å². The maximum absolute atomic E-state index is 12.4.